The number of benzene rings is 1. The molecule has 0 spiro atoms. The number of anilines is 1. The van der Waals surface area contributed by atoms with Gasteiger partial charge in [-0.05, 0) is 56.6 Å². The molecule has 37 heavy (non-hydrogen) atoms. The number of aromatic nitrogens is 1. The molecule has 1 aromatic heterocycles. The normalized spacial score (nSPS) is 19.2. The second-order valence-electron chi connectivity index (χ2n) is 9.79. The lowest BCUT2D eigenvalue weighted by atomic mass is 10.0. The molecule has 0 bridgehead atoms. The van der Waals surface area contributed by atoms with Crippen molar-refractivity contribution < 1.29 is 19.5 Å². The molecule has 0 unspecified atom stereocenters. The highest BCUT2D eigenvalue weighted by Crippen LogP contribution is 2.21. The number of piperazine rings is 1. The van der Waals surface area contributed by atoms with Gasteiger partial charge in [0.15, 0.2) is 5.82 Å². The summed E-state index contributed by atoms with van der Waals surface area (Å²) in [6.45, 7) is 8.92. The highest BCUT2D eigenvalue weighted by molar-refractivity contribution is 6.05. The number of aliphatic hydroxyl groups excluding tert-OH is 1. The maximum atomic E-state index is 12.6. The molecule has 200 valence electrons. The van der Waals surface area contributed by atoms with Gasteiger partial charge in [0.2, 0.25) is 0 Å². The lowest BCUT2D eigenvalue weighted by molar-refractivity contribution is -0.112. The van der Waals surface area contributed by atoms with Gasteiger partial charge in [-0.1, -0.05) is 17.3 Å². The number of rotatable bonds is 9. The molecule has 0 saturated carbocycles. The summed E-state index contributed by atoms with van der Waals surface area (Å²) < 4.78 is 4.99. The van der Waals surface area contributed by atoms with E-state index in [1.54, 1.807) is 38.4 Å². The van der Waals surface area contributed by atoms with Crippen LogP contribution in [-0.4, -0.2) is 94.9 Å². The van der Waals surface area contributed by atoms with E-state index in [1.807, 2.05) is 12.1 Å². The standard InChI is InChI=1S/C27H38N6O4/c1-20-15-26(30-37-20)29-27(36)22(17-28-2)16-25(35)19-32-11-13-33(14-12-32)23-7-9-31(10-8-23)18-21-3-5-24(34)6-4-21/h3-6,15-17,23,28,34-35H,7-14,18-19H2,1-2H3,(H,29,30,36)/b22-17+,25-16+. The Morgan fingerprint density at radius 3 is 2.43 bits per heavy atom. The van der Waals surface area contributed by atoms with E-state index in [0.717, 1.165) is 58.7 Å². The molecule has 0 radical (unpaired) electrons. The molecule has 2 fully saturated rings. The molecule has 10 heteroatoms. The Morgan fingerprint density at radius 1 is 1.11 bits per heavy atom. The SMILES string of the molecule is CN/C=C(\C=C(\O)CN1CCN(C2CCN(Cc3ccc(O)cc3)CC2)CC1)C(=O)Nc1cc(C)on1. The smallest absolute Gasteiger partial charge is 0.258 e. The van der Waals surface area contributed by atoms with Crippen molar-refractivity contribution in [3.05, 3.63) is 65.3 Å². The Hall–Kier alpha value is -3.34. The number of carbonyl (C=O) groups excluding carboxylic acids is 1. The maximum absolute atomic E-state index is 12.6. The molecule has 3 heterocycles. The zero-order valence-corrected chi connectivity index (χ0v) is 21.7. The van der Waals surface area contributed by atoms with Crippen LogP contribution in [0.25, 0.3) is 0 Å². The Kier molecular flexibility index (Phi) is 9.21. The summed E-state index contributed by atoms with van der Waals surface area (Å²) in [5, 5.41) is 29.4. The molecular formula is C27H38N6O4. The van der Waals surface area contributed by atoms with Gasteiger partial charge in [0.25, 0.3) is 5.91 Å². The first kappa shape index (κ1) is 26.7. The van der Waals surface area contributed by atoms with E-state index in [1.165, 1.54) is 11.6 Å². The van der Waals surface area contributed by atoms with Gasteiger partial charge in [-0.3, -0.25) is 19.5 Å². The van der Waals surface area contributed by atoms with Crippen molar-refractivity contribution in [1.82, 2.24) is 25.2 Å². The Morgan fingerprint density at radius 2 is 1.81 bits per heavy atom. The Labute approximate surface area is 218 Å². The molecule has 2 aromatic rings. The summed E-state index contributed by atoms with van der Waals surface area (Å²) in [6.07, 6.45) is 5.35. The van der Waals surface area contributed by atoms with Crippen LogP contribution in [0.5, 0.6) is 5.75 Å². The fraction of sp³-hybridized carbons (Fsp3) is 0.481. The number of carbonyl (C=O) groups is 1. The fourth-order valence-corrected chi connectivity index (χ4v) is 4.99. The van der Waals surface area contributed by atoms with Crippen LogP contribution in [0.1, 0.15) is 24.2 Å². The van der Waals surface area contributed by atoms with Crippen molar-refractivity contribution in [2.45, 2.75) is 32.4 Å². The minimum atomic E-state index is -0.379. The van der Waals surface area contributed by atoms with E-state index < -0.39 is 0 Å². The van der Waals surface area contributed by atoms with Gasteiger partial charge >= 0.3 is 0 Å². The van der Waals surface area contributed by atoms with Crippen molar-refractivity contribution in [2.75, 3.05) is 58.2 Å². The number of hydrogen-bond donors (Lipinski definition) is 4. The van der Waals surface area contributed by atoms with E-state index in [0.29, 0.717) is 35.5 Å². The first-order valence-electron chi connectivity index (χ1n) is 12.9. The average Bonchev–Trinajstić information content (AvgIpc) is 3.30. The fourth-order valence-electron chi connectivity index (χ4n) is 4.99. The highest BCUT2D eigenvalue weighted by atomic mass is 16.5. The minimum absolute atomic E-state index is 0.143. The number of aromatic hydroxyl groups is 1. The van der Waals surface area contributed by atoms with Gasteiger partial charge in [-0.25, -0.2) is 0 Å². The third-order valence-electron chi connectivity index (χ3n) is 6.96. The van der Waals surface area contributed by atoms with Crippen LogP contribution >= 0.6 is 0 Å². The summed E-state index contributed by atoms with van der Waals surface area (Å²) in [6, 6.07) is 9.72. The molecule has 1 aromatic carbocycles. The van der Waals surface area contributed by atoms with E-state index in [9.17, 15) is 15.0 Å². The number of amides is 1. The predicted molar refractivity (Wildman–Crippen MR) is 142 cm³/mol. The van der Waals surface area contributed by atoms with Crippen molar-refractivity contribution in [3.8, 4) is 5.75 Å². The number of phenolic OH excluding ortho intramolecular Hbond substituents is 1. The van der Waals surface area contributed by atoms with Crippen molar-refractivity contribution >= 4 is 11.7 Å². The quantitative estimate of drug-likeness (QED) is 0.229. The third-order valence-corrected chi connectivity index (χ3v) is 6.96. The largest absolute Gasteiger partial charge is 0.511 e. The number of piperidine rings is 1. The Balaban J connectivity index is 1.21. The monoisotopic (exact) mass is 510 g/mol. The van der Waals surface area contributed by atoms with Crippen LogP contribution in [-0.2, 0) is 11.3 Å². The molecule has 2 saturated heterocycles. The van der Waals surface area contributed by atoms with E-state index in [2.05, 4.69) is 30.5 Å². The number of phenols is 1. The lowest BCUT2D eigenvalue weighted by Gasteiger charge is -2.42. The molecular weight excluding hydrogens is 472 g/mol. The second kappa shape index (κ2) is 12.8. The highest BCUT2D eigenvalue weighted by Gasteiger charge is 2.27. The average molecular weight is 511 g/mol. The number of hydrogen-bond acceptors (Lipinski definition) is 9. The molecule has 2 aliphatic rings. The van der Waals surface area contributed by atoms with Gasteiger partial charge in [-0.15, -0.1) is 0 Å². The molecule has 10 nitrogen and oxygen atoms in total. The zero-order valence-electron chi connectivity index (χ0n) is 21.7. The van der Waals surface area contributed by atoms with Crippen molar-refractivity contribution in [3.63, 3.8) is 0 Å². The third kappa shape index (κ3) is 7.82. The molecule has 0 aliphatic carbocycles. The molecule has 1 amide bonds. The maximum Gasteiger partial charge on any atom is 0.258 e. The summed E-state index contributed by atoms with van der Waals surface area (Å²) in [5.41, 5.74) is 1.54. The predicted octanol–water partition coefficient (Wildman–Crippen LogP) is 2.45. The van der Waals surface area contributed by atoms with Gasteiger partial charge in [0.1, 0.15) is 17.3 Å². The topological polar surface area (TPSA) is 117 Å². The Bertz CT molecular complexity index is 1080. The van der Waals surface area contributed by atoms with Crippen LogP contribution < -0.4 is 10.6 Å². The summed E-state index contributed by atoms with van der Waals surface area (Å²) in [7, 11) is 1.70. The first-order valence-corrected chi connectivity index (χ1v) is 12.9. The van der Waals surface area contributed by atoms with Gasteiger partial charge < -0.3 is 25.4 Å². The van der Waals surface area contributed by atoms with E-state index in [4.69, 9.17) is 4.52 Å². The molecule has 2 aliphatic heterocycles. The van der Waals surface area contributed by atoms with Crippen LogP contribution in [0.3, 0.4) is 0 Å². The summed E-state index contributed by atoms with van der Waals surface area (Å²) in [5.74, 6) is 1.01. The van der Waals surface area contributed by atoms with Crippen LogP contribution in [0.15, 0.2) is 58.5 Å². The number of likely N-dealkylation sites (tertiary alicyclic amines) is 1. The van der Waals surface area contributed by atoms with E-state index in [-0.39, 0.29) is 11.7 Å². The lowest BCUT2D eigenvalue weighted by Crippen LogP contribution is -2.53. The molecule has 0 atom stereocenters. The molecule has 4 rings (SSSR count). The van der Waals surface area contributed by atoms with Gasteiger partial charge in [0, 0.05) is 58.1 Å². The van der Waals surface area contributed by atoms with Crippen molar-refractivity contribution in [2.24, 2.45) is 0 Å². The van der Waals surface area contributed by atoms with Gasteiger partial charge in [-0.2, -0.15) is 0 Å². The first-order chi connectivity index (χ1) is 17.9. The molecule has 4 N–H and O–H groups in total. The minimum Gasteiger partial charge on any atom is -0.511 e. The van der Waals surface area contributed by atoms with Crippen LogP contribution in [0, 0.1) is 6.92 Å². The second-order valence-corrected chi connectivity index (χ2v) is 9.79. The van der Waals surface area contributed by atoms with Gasteiger partial charge in [0.05, 0.1) is 12.1 Å². The number of nitrogens with zero attached hydrogens (tertiary/aromatic N) is 4. The van der Waals surface area contributed by atoms with Crippen LogP contribution in [0.4, 0.5) is 5.82 Å². The summed E-state index contributed by atoms with van der Waals surface area (Å²) >= 11 is 0. The number of nitrogens with one attached hydrogen (secondary N) is 2. The zero-order chi connectivity index (χ0) is 26.2. The van der Waals surface area contributed by atoms with Crippen molar-refractivity contribution in [1.29, 1.82) is 0 Å². The summed E-state index contributed by atoms with van der Waals surface area (Å²) in [4.78, 5) is 19.9. The van der Waals surface area contributed by atoms with E-state index >= 15 is 0 Å². The number of aryl methyl sites for hydroxylation is 1. The van der Waals surface area contributed by atoms with Crippen LogP contribution in [0.2, 0.25) is 0 Å². The number of aliphatic hydroxyl groups is 1.